The van der Waals surface area contributed by atoms with Gasteiger partial charge in [0.15, 0.2) is 0 Å². The van der Waals surface area contributed by atoms with Crippen LogP contribution in [-0.2, 0) is 9.53 Å². The number of hydrogen-bond acceptors (Lipinski definition) is 5. The lowest BCUT2D eigenvalue weighted by Gasteiger charge is -2.31. The van der Waals surface area contributed by atoms with E-state index in [4.69, 9.17) is 9.47 Å². The molecule has 1 N–H and O–H groups in total. The van der Waals surface area contributed by atoms with E-state index >= 15 is 0 Å². The van der Waals surface area contributed by atoms with Gasteiger partial charge in [-0.2, -0.15) is 0 Å². The molecular weight excluding hydrogens is 398 g/mol. The molecule has 4 rings (SSSR count). The Morgan fingerprint density at radius 3 is 2.39 bits per heavy atom. The first kappa shape index (κ1) is 20.5. The summed E-state index contributed by atoms with van der Waals surface area (Å²) in [6, 6.07) is 13.1. The van der Waals surface area contributed by atoms with E-state index in [-0.39, 0.29) is 18.5 Å². The number of urea groups is 1. The summed E-state index contributed by atoms with van der Waals surface area (Å²) < 4.78 is 10.2. The van der Waals surface area contributed by atoms with Crippen molar-refractivity contribution < 1.29 is 23.9 Å². The summed E-state index contributed by atoms with van der Waals surface area (Å²) >= 11 is 0. The predicted octanol–water partition coefficient (Wildman–Crippen LogP) is 2.87. The molecule has 8 heteroatoms. The average Bonchev–Trinajstić information content (AvgIpc) is 3.14. The maximum Gasteiger partial charge on any atom is 0.338 e. The summed E-state index contributed by atoms with van der Waals surface area (Å²) in [4.78, 5) is 40.9. The number of likely N-dealkylation sites (N-methyl/N-ethyl adjacent to an activating group) is 1. The van der Waals surface area contributed by atoms with E-state index in [1.807, 2.05) is 12.1 Å². The van der Waals surface area contributed by atoms with Gasteiger partial charge >= 0.3 is 12.0 Å². The van der Waals surface area contributed by atoms with Gasteiger partial charge in [0.1, 0.15) is 5.75 Å². The molecule has 0 spiro atoms. The standard InChI is InChI=1S/C23H23N3O5/c1-4-31-22(28)15-5-9-16(10-6-15)26-13-18-19(21(26)27)20(24-23(29)25(18)2)14-7-11-17(30-3)12-8-14/h5-12,20H,4,13H2,1-3H3,(H,24,29)/t20-/m0/s1. The number of methoxy groups -OCH3 is 1. The van der Waals surface area contributed by atoms with Crippen LogP contribution >= 0.6 is 0 Å². The van der Waals surface area contributed by atoms with E-state index in [9.17, 15) is 14.4 Å². The van der Waals surface area contributed by atoms with Gasteiger partial charge in [-0.05, 0) is 48.9 Å². The van der Waals surface area contributed by atoms with Gasteiger partial charge in [0, 0.05) is 12.7 Å². The van der Waals surface area contributed by atoms with Gasteiger partial charge < -0.3 is 19.7 Å². The number of nitrogens with zero attached hydrogens (tertiary/aromatic N) is 2. The topological polar surface area (TPSA) is 88.2 Å². The normalized spacial score (nSPS) is 18.1. The lowest BCUT2D eigenvalue weighted by molar-refractivity contribution is -0.114. The molecule has 0 saturated heterocycles. The first-order valence-electron chi connectivity index (χ1n) is 9.94. The second-order valence-electron chi connectivity index (χ2n) is 7.23. The molecule has 0 radical (unpaired) electrons. The van der Waals surface area contributed by atoms with Crippen LogP contribution in [0.2, 0.25) is 0 Å². The molecule has 160 valence electrons. The molecule has 0 aliphatic carbocycles. The number of hydrogen-bond donors (Lipinski definition) is 1. The molecule has 3 amide bonds. The van der Waals surface area contributed by atoms with Crippen molar-refractivity contribution in [3.05, 3.63) is 70.9 Å². The lowest BCUT2D eigenvalue weighted by Crippen LogP contribution is -2.45. The molecule has 0 bridgehead atoms. The van der Waals surface area contributed by atoms with E-state index in [0.717, 1.165) is 5.56 Å². The van der Waals surface area contributed by atoms with Crippen LogP contribution in [0.3, 0.4) is 0 Å². The third-order valence-electron chi connectivity index (χ3n) is 5.50. The number of anilines is 1. The SMILES string of the molecule is CCOC(=O)c1ccc(N2CC3=C(C2=O)[C@H](c2ccc(OC)cc2)NC(=O)N3C)cc1. The van der Waals surface area contributed by atoms with Crippen LogP contribution in [-0.4, -0.2) is 50.1 Å². The van der Waals surface area contributed by atoms with Crippen LogP contribution < -0.4 is 15.0 Å². The van der Waals surface area contributed by atoms with E-state index in [1.165, 1.54) is 4.90 Å². The molecule has 0 unspecified atom stereocenters. The minimum Gasteiger partial charge on any atom is -0.497 e. The Balaban J connectivity index is 1.64. The Kier molecular flexibility index (Phi) is 5.37. The molecule has 0 aromatic heterocycles. The molecule has 2 aliphatic rings. The minimum absolute atomic E-state index is 0.188. The molecule has 2 aliphatic heterocycles. The molecule has 2 heterocycles. The number of esters is 1. The Labute approximate surface area is 180 Å². The van der Waals surface area contributed by atoms with Crippen LogP contribution in [0.1, 0.15) is 28.9 Å². The van der Waals surface area contributed by atoms with Crippen LogP contribution in [0.4, 0.5) is 10.5 Å². The van der Waals surface area contributed by atoms with Gasteiger partial charge in [-0.25, -0.2) is 9.59 Å². The van der Waals surface area contributed by atoms with Gasteiger partial charge in [0.25, 0.3) is 5.91 Å². The Morgan fingerprint density at radius 2 is 1.77 bits per heavy atom. The number of carbonyl (C=O) groups is 3. The number of nitrogens with one attached hydrogen (secondary N) is 1. The zero-order chi connectivity index (χ0) is 22.1. The lowest BCUT2D eigenvalue weighted by atomic mass is 9.95. The highest BCUT2D eigenvalue weighted by atomic mass is 16.5. The molecule has 2 aromatic carbocycles. The molecule has 1 atom stereocenters. The number of ether oxygens (including phenoxy) is 2. The number of carbonyl (C=O) groups excluding carboxylic acids is 3. The Hall–Kier alpha value is -3.81. The van der Waals surface area contributed by atoms with Gasteiger partial charge in [0.05, 0.1) is 43.1 Å². The van der Waals surface area contributed by atoms with Crippen molar-refractivity contribution in [1.29, 1.82) is 0 Å². The van der Waals surface area contributed by atoms with E-state index in [0.29, 0.717) is 34.9 Å². The number of benzene rings is 2. The first-order chi connectivity index (χ1) is 14.9. The smallest absolute Gasteiger partial charge is 0.338 e. The van der Waals surface area contributed by atoms with Crippen LogP contribution in [0.25, 0.3) is 0 Å². The van der Waals surface area contributed by atoms with E-state index < -0.39 is 12.0 Å². The van der Waals surface area contributed by atoms with Gasteiger partial charge in [0.2, 0.25) is 0 Å². The summed E-state index contributed by atoms with van der Waals surface area (Å²) in [5, 5.41) is 2.91. The summed E-state index contributed by atoms with van der Waals surface area (Å²) in [6.45, 7) is 2.31. The largest absolute Gasteiger partial charge is 0.497 e. The second kappa shape index (κ2) is 8.14. The van der Waals surface area contributed by atoms with Crippen molar-refractivity contribution in [2.45, 2.75) is 13.0 Å². The maximum atomic E-state index is 13.4. The molecule has 0 fully saturated rings. The van der Waals surface area contributed by atoms with Gasteiger partial charge in [-0.3, -0.25) is 9.69 Å². The molecular formula is C23H23N3O5. The highest BCUT2D eigenvalue weighted by Gasteiger charge is 2.43. The monoisotopic (exact) mass is 421 g/mol. The maximum absolute atomic E-state index is 13.4. The van der Waals surface area contributed by atoms with Crippen molar-refractivity contribution in [3.8, 4) is 5.75 Å². The van der Waals surface area contributed by atoms with Crippen molar-refractivity contribution in [3.63, 3.8) is 0 Å². The predicted molar refractivity (Wildman–Crippen MR) is 114 cm³/mol. The van der Waals surface area contributed by atoms with Crippen molar-refractivity contribution in [1.82, 2.24) is 10.2 Å². The molecule has 0 saturated carbocycles. The number of rotatable bonds is 5. The van der Waals surface area contributed by atoms with Crippen LogP contribution in [0.15, 0.2) is 59.8 Å². The quantitative estimate of drug-likeness (QED) is 0.750. The summed E-state index contributed by atoms with van der Waals surface area (Å²) in [5.41, 5.74) is 3.04. The zero-order valence-electron chi connectivity index (χ0n) is 17.5. The molecule has 2 aromatic rings. The van der Waals surface area contributed by atoms with Crippen LogP contribution in [0, 0.1) is 0 Å². The summed E-state index contributed by atoms with van der Waals surface area (Å²) in [5.74, 6) is 0.0955. The van der Waals surface area contributed by atoms with Crippen molar-refractivity contribution in [2.75, 3.05) is 32.2 Å². The van der Waals surface area contributed by atoms with Gasteiger partial charge in [-0.15, -0.1) is 0 Å². The summed E-state index contributed by atoms with van der Waals surface area (Å²) in [7, 11) is 3.23. The highest BCUT2D eigenvalue weighted by Crippen LogP contribution is 2.38. The van der Waals surface area contributed by atoms with Crippen LogP contribution in [0.5, 0.6) is 5.75 Å². The fraction of sp³-hybridized carbons (Fsp3) is 0.261. The second-order valence-corrected chi connectivity index (χ2v) is 7.23. The fourth-order valence-electron chi connectivity index (χ4n) is 3.81. The Bertz CT molecular complexity index is 1060. The third-order valence-corrected chi connectivity index (χ3v) is 5.50. The molecule has 31 heavy (non-hydrogen) atoms. The first-order valence-corrected chi connectivity index (χ1v) is 9.94. The summed E-state index contributed by atoms with van der Waals surface area (Å²) in [6.07, 6.45) is 0. The minimum atomic E-state index is -0.555. The third kappa shape index (κ3) is 3.61. The van der Waals surface area contributed by atoms with Crippen molar-refractivity contribution in [2.24, 2.45) is 0 Å². The molecule has 8 nitrogen and oxygen atoms in total. The fourth-order valence-corrected chi connectivity index (χ4v) is 3.81. The van der Waals surface area contributed by atoms with Crippen molar-refractivity contribution >= 4 is 23.6 Å². The van der Waals surface area contributed by atoms with E-state index in [2.05, 4.69) is 5.32 Å². The van der Waals surface area contributed by atoms with Gasteiger partial charge in [-0.1, -0.05) is 12.1 Å². The average molecular weight is 421 g/mol. The highest BCUT2D eigenvalue weighted by molar-refractivity contribution is 6.11. The number of amides is 3. The van der Waals surface area contributed by atoms with E-state index in [1.54, 1.807) is 62.4 Å². The zero-order valence-corrected chi connectivity index (χ0v) is 17.5. The Morgan fingerprint density at radius 1 is 1.10 bits per heavy atom.